The van der Waals surface area contributed by atoms with E-state index in [1.807, 2.05) is 53.8 Å². The highest BCUT2D eigenvalue weighted by Crippen LogP contribution is 2.30. The van der Waals surface area contributed by atoms with Gasteiger partial charge in [0.15, 0.2) is 0 Å². The number of anilines is 1. The molecule has 3 aromatic rings. The van der Waals surface area contributed by atoms with Crippen LogP contribution in [0.15, 0.2) is 59.6 Å². The Bertz CT molecular complexity index is 1120. The molecule has 2 heterocycles. The first-order chi connectivity index (χ1) is 15.4. The van der Waals surface area contributed by atoms with Crippen LogP contribution in [0.4, 0.5) is 10.1 Å². The molecule has 168 valence electrons. The van der Waals surface area contributed by atoms with E-state index in [4.69, 9.17) is 4.74 Å². The van der Waals surface area contributed by atoms with Gasteiger partial charge < -0.3 is 19.5 Å². The Balaban J connectivity index is 1.46. The number of benzene rings is 2. The van der Waals surface area contributed by atoms with E-state index in [0.29, 0.717) is 13.1 Å². The van der Waals surface area contributed by atoms with E-state index in [2.05, 4.69) is 5.32 Å². The number of nitrogens with one attached hydrogen (secondary N) is 1. The summed E-state index contributed by atoms with van der Waals surface area (Å²) in [6, 6.07) is 13.9. The van der Waals surface area contributed by atoms with Crippen LogP contribution in [0, 0.1) is 5.82 Å². The molecule has 6 nitrogen and oxygen atoms in total. The minimum atomic E-state index is -0.465. The van der Waals surface area contributed by atoms with Gasteiger partial charge in [0.05, 0.1) is 23.6 Å². The Kier molecular flexibility index (Phi) is 6.81. The van der Waals surface area contributed by atoms with Crippen molar-refractivity contribution in [3.8, 4) is 0 Å². The quantitative estimate of drug-likeness (QED) is 0.568. The van der Waals surface area contributed by atoms with Gasteiger partial charge in [-0.1, -0.05) is 30.3 Å². The first-order valence-corrected chi connectivity index (χ1v) is 11.6. The van der Waals surface area contributed by atoms with E-state index in [1.165, 1.54) is 23.9 Å². The Labute approximate surface area is 190 Å². The second-order valence-corrected chi connectivity index (χ2v) is 9.03. The molecular formula is C24H26FN3O3S. The van der Waals surface area contributed by atoms with Crippen molar-refractivity contribution >= 4 is 40.2 Å². The van der Waals surface area contributed by atoms with Gasteiger partial charge in [-0.2, -0.15) is 0 Å². The fraction of sp³-hybridized carbons (Fsp3) is 0.333. The SMILES string of the molecule is C[C@@H]1CN(C(=O)Cn2cc(SCC(=O)Nc3ccccc3F)c3ccccc32)C[C@@H](C)O1. The summed E-state index contributed by atoms with van der Waals surface area (Å²) in [5, 5.41) is 3.58. The smallest absolute Gasteiger partial charge is 0.242 e. The summed E-state index contributed by atoms with van der Waals surface area (Å²) >= 11 is 1.37. The number of amides is 2. The van der Waals surface area contributed by atoms with Crippen molar-refractivity contribution in [2.75, 3.05) is 24.2 Å². The number of thioether (sulfide) groups is 1. The largest absolute Gasteiger partial charge is 0.372 e. The highest BCUT2D eigenvalue weighted by atomic mass is 32.2. The van der Waals surface area contributed by atoms with E-state index < -0.39 is 5.82 Å². The molecule has 2 aromatic carbocycles. The third kappa shape index (κ3) is 5.14. The lowest BCUT2D eigenvalue weighted by molar-refractivity contribution is -0.143. The number of fused-ring (bicyclic) bond motifs is 1. The van der Waals surface area contributed by atoms with Crippen molar-refractivity contribution in [3.05, 3.63) is 60.5 Å². The van der Waals surface area contributed by atoms with Crippen molar-refractivity contribution in [2.45, 2.75) is 37.5 Å². The molecular weight excluding hydrogens is 429 g/mol. The van der Waals surface area contributed by atoms with Crippen molar-refractivity contribution in [2.24, 2.45) is 0 Å². The molecule has 32 heavy (non-hydrogen) atoms. The molecule has 2 atom stereocenters. The molecule has 0 saturated carbocycles. The van der Waals surface area contributed by atoms with Crippen LogP contribution in [-0.4, -0.2) is 52.3 Å². The van der Waals surface area contributed by atoms with Crippen LogP contribution in [0.2, 0.25) is 0 Å². The molecule has 1 aliphatic rings. The van der Waals surface area contributed by atoms with Crippen LogP contribution in [-0.2, 0) is 20.9 Å². The Hall–Kier alpha value is -2.84. The monoisotopic (exact) mass is 455 g/mol. The first-order valence-electron chi connectivity index (χ1n) is 10.6. The number of ether oxygens (including phenoxy) is 1. The third-order valence-electron chi connectivity index (χ3n) is 5.34. The molecule has 1 fully saturated rings. The predicted octanol–water partition coefficient (Wildman–Crippen LogP) is 4.15. The Morgan fingerprint density at radius 3 is 2.53 bits per heavy atom. The molecule has 8 heteroatoms. The summed E-state index contributed by atoms with van der Waals surface area (Å²) in [5.41, 5.74) is 1.10. The molecule has 0 bridgehead atoms. The van der Waals surface area contributed by atoms with Crippen molar-refractivity contribution < 1.29 is 18.7 Å². The van der Waals surface area contributed by atoms with Crippen LogP contribution in [0.25, 0.3) is 10.9 Å². The topological polar surface area (TPSA) is 63.6 Å². The lowest BCUT2D eigenvalue weighted by Crippen LogP contribution is -2.49. The molecule has 1 N–H and O–H groups in total. The van der Waals surface area contributed by atoms with Gasteiger partial charge in [0.25, 0.3) is 0 Å². The second kappa shape index (κ2) is 9.75. The number of carbonyl (C=O) groups is 2. The molecule has 2 amide bonds. The van der Waals surface area contributed by atoms with Crippen LogP contribution in [0.5, 0.6) is 0 Å². The fourth-order valence-corrected chi connectivity index (χ4v) is 4.87. The summed E-state index contributed by atoms with van der Waals surface area (Å²) in [6.45, 7) is 5.34. The summed E-state index contributed by atoms with van der Waals surface area (Å²) in [5.74, 6) is -0.576. The number of nitrogens with zero attached hydrogens (tertiary/aromatic N) is 2. The Morgan fingerprint density at radius 1 is 1.09 bits per heavy atom. The minimum absolute atomic E-state index is 0.0168. The standard InChI is InChI=1S/C24H26FN3O3S/c1-16-11-28(12-17(2)31-16)24(30)14-27-13-22(18-7-3-6-10-21(18)27)32-15-23(29)26-20-9-5-4-8-19(20)25/h3-10,13,16-17H,11-12,14-15H2,1-2H3,(H,26,29)/t16-,17-/m1/s1. The van der Waals surface area contributed by atoms with E-state index in [-0.39, 0.29) is 42.0 Å². The first kappa shape index (κ1) is 22.4. The summed E-state index contributed by atoms with van der Waals surface area (Å²) in [4.78, 5) is 28.1. The highest BCUT2D eigenvalue weighted by molar-refractivity contribution is 8.00. The second-order valence-electron chi connectivity index (χ2n) is 8.01. The summed E-state index contributed by atoms with van der Waals surface area (Å²) in [7, 11) is 0. The predicted molar refractivity (Wildman–Crippen MR) is 124 cm³/mol. The van der Waals surface area contributed by atoms with Crippen LogP contribution >= 0.6 is 11.8 Å². The van der Waals surface area contributed by atoms with E-state index in [0.717, 1.165) is 15.8 Å². The maximum Gasteiger partial charge on any atom is 0.242 e. The van der Waals surface area contributed by atoms with Crippen LogP contribution in [0.1, 0.15) is 13.8 Å². The van der Waals surface area contributed by atoms with Crippen LogP contribution in [0.3, 0.4) is 0 Å². The average Bonchev–Trinajstić information content (AvgIpc) is 3.11. The molecule has 0 radical (unpaired) electrons. The van der Waals surface area contributed by atoms with Gasteiger partial charge in [-0.15, -0.1) is 11.8 Å². The van der Waals surface area contributed by atoms with E-state index in [1.54, 1.807) is 12.1 Å². The van der Waals surface area contributed by atoms with Gasteiger partial charge in [-0.25, -0.2) is 4.39 Å². The number of morpholine rings is 1. The number of halogens is 1. The maximum absolute atomic E-state index is 13.8. The summed E-state index contributed by atoms with van der Waals surface area (Å²) in [6.07, 6.45) is 1.95. The Morgan fingerprint density at radius 2 is 1.78 bits per heavy atom. The van der Waals surface area contributed by atoms with E-state index >= 15 is 0 Å². The van der Waals surface area contributed by atoms with E-state index in [9.17, 15) is 14.0 Å². The number of para-hydroxylation sites is 2. The van der Waals surface area contributed by atoms with Gasteiger partial charge in [0.1, 0.15) is 12.4 Å². The van der Waals surface area contributed by atoms with Gasteiger partial charge in [0.2, 0.25) is 11.8 Å². The van der Waals surface area contributed by atoms with Gasteiger partial charge in [-0.05, 0) is 32.0 Å². The molecule has 1 aromatic heterocycles. The molecule has 1 aliphatic heterocycles. The number of carbonyl (C=O) groups excluding carboxylic acids is 2. The number of hydrogen-bond acceptors (Lipinski definition) is 4. The number of aromatic nitrogens is 1. The lowest BCUT2D eigenvalue weighted by atomic mass is 10.2. The normalized spacial score (nSPS) is 18.7. The van der Waals surface area contributed by atoms with Gasteiger partial charge in [-0.3, -0.25) is 9.59 Å². The van der Waals surface area contributed by atoms with Crippen molar-refractivity contribution in [1.82, 2.24) is 9.47 Å². The molecule has 4 rings (SSSR count). The molecule has 0 unspecified atom stereocenters. The maximum atomic E-state index is 13.8. The zero-order valence-electron chi connectivity index (χ0n) is 18.1. The lowest BCUT2D eigenvalue weighted by Gasteiger charge is -2.35. The highest BCUT2D eigenvalue weighted by Gasteiger charge is 2.26. The average molecular weight is 456 g/mol. The third-order valence-corrected chi connectivity index (χ3v) is 6.38. The fourth-order valence-electron chi connectivity index (χ4n) is 3.98. The summed E-state index contributed by atoms with van der Waals surface area (Å²) < 4.78 is 21.4. The zero-order chi connectivity index (χ0) is 22.7. The van der Waals surface area contributed by atoms with Crippen molar-refractivity contribution in [1.29, 1.82) is 0 Å². The molecule has 1 saturated heterocycles. The van der Waals surface area contributed by atoms with Crippen LogP contribution < -0.4 is 5.32 Å². The van der Waals surface area contributed by atoms with Gasteiger partial charge >= 0.3 is 0 Å². The molecule has 0 spiro atoms. The number of hydrogen-bond donors (Lipinski definition) is 1. The number of rotatable bonds is 6. The van der Waals surface area contributed by atoms with Gasteiger partial charge in [0, 0.05) is 35.1 Å². The van der Waals surface area contributed by atoms with Crippen molar-refractivity contribution in [3.63, 3.8) is 0 Å². The zero-order valence-corrected chi connectivity index (χ0v) is 18.9. The minimum Gasteiger partial charge on any atom is -0.372 e. The molecule has 0 aliphatic carbocycles.